The zero-order valence-corrected chi connectivity index (χ0v) is 15.5. The number of rotatable bonds is 6. The highest BCUT2D eigenvalue weighted by Crippen LogP contribution is 2.28. The van der Waals surface area contributed by atoms with Gasteiger partial charge in [0.1, 0.15) is 0 Å². The highest BCUT2D eigenvalue weighted by molar-refractivity contribution is 6.14. The zero-order chi connectivity index (χ0) is 17.9. The summed E-state index contributed by atoms with van der Waals surface area (Å²) in [5.74, 6) is 0. The molecular formula is C19H32N4O. The van der Waals surface area contributed by atoms with Gasteiger partial charge in [-0.05, 0) is 50.6 Å². The molecule has 0 unspecified atom stereocenters. The summed E-state index contributed by atoms with van der Waals surface area (Å²) in [7, 11) is 2.07. The molecule has 1 aromatic carbocycles. The summed E-state index contributed by atoms with van der Waals surface area (Å²) in [5, 5.41) is 0. The molecule has 134 valence electrons. The quantitative estimate of drug-likeness (QED) is 0.643. The molecule has 0 aromatic heterocycles. The SMILES string of the molecule is CC.Cc1ccc(N=CC=O)c(N(C)CCN2CCC(N)CC2)c1. The van der Waals surface area contributed by atoms with E-state index < -0.39 is 0 Å². The summed E-state index contributed by atoms with van der Waals surface area (Å²) in [6.45, 7) is 10.2. The normalized spacial score (nSPS) is 15.9. The van der Waals surface area contributed by atoms with Gasteiger partial charge < -0.3 is 15.5 Å². The van der Waals surface area contributed by atoms with Gasteiger partial charge in [-0.25, -0.2) is 0 Å². The van der Waals surface area contributed by atoms with Crippen LogP contribution in [0.25, 0.3) is 0 Å². The molecule has 0 spiro atoms. The fourth-order valence-corrected chi connectivity index (χ4v) is 2.75. The Morgan fingerprint density at radius 3 is 2.62 bits per heavy atom. The maximum absolute atomic E-state index is 10.5. The number of nitrogens with zero attached hydrogens (tertiary/aromatic N) is 3. The molecule has 0 saturated carbocycles. The minimum atomic E-state index is 0.370. The van der Waals surface area contributed by atoms with Crippen molar-refractivity contribution in [2.45, 2.75) is 39.7 Å². The molecule has 1 aromatic rings. The molecule has 1 fully saturated rings. The lowest BCUT2D eigenvalue weighted by Gasteiger charge is -2.32. The van der Waals surface area contributed by atoms with Crippen LogP contribution in [0.5, 0.6) is 0 Å². The predicted molar refractivity (Wildman–Crippen MR) is 104 cm³/mol. The van der Waals surface area contributed by atoms with Crippen molar-refractivity contribution in [3.8, 4) is 0 Å². The highest BCUT2D eigenvalue weighted by Gasteiger charge is 2.16. The van der Waals surface area contributed by atoms with E-state index in [2.05, 4.69) is 34.8 Å². The van der Waals surface area contributed by atoms with Gasteiger partial charge in [0.25, 0.3) is 0 Å². The molecule has 1 aliphatic heterocycles. The molecule has 1 aliphatic rings. The number of likely N-dealkylation sites (tertiary alicyclic amines) is 1. The van der Waals surface area contributed by atoms with Crippen molar-refractivity contribution < 1.29 is 4.79 Å². The van der Waals surface area contributed by atoms with E-state index >= 15 is 0 Å². The van der Waals surface area contributed by atoms with Crippen LogP contribution in [0.4, 0.5) is 11.4 Å². The van der Waals surface area contributed by atoms with Crippen LogP contribution in [0.2, 0.25) is 0 Å². The van der Waals surface area contributed by atoms with E-state index in [4.69, 9.17) is 5.73 Å². The predicted octanol–water partition coefficient (Wildman–Crippen LogP) is 2.78. The van der Waals surface area contributed by atoms with Crippen LogP contribution < -0.4 is 10.6 Å². The van der Waals surface area contributed by atoms with Gasteiger partial charge >= 0.3 is 0 Å². The van der Waals surface area contributed by atoms with Crippen molar-refractivity contribution in [1.82, 2.24) is 4.90 Å². The maximum Gasteiger partial charge on any atom is 0.161 e. The number of aryl methyl sites for hydroxylation is 1. The van der Waals surface area contributed by atoms with E-state index in [-0.39, 0.29) is 0 Å². The van der Waals surface area contributed by atoms with Crippen LogP contribution in [-0.4, -0.2) is 56.7 Å². The van der Waals surface area contributed by atoms with Gasteiger partial charge in [0.05, 0.1) is 17.6 Å². The van der Waals surface area contributed by atoms with Crippen molar-refractivity contribution in [2.24, 2.45) is 10.7 Å². The van der Waals surface area contributed by atoms with Gasteiger partial charge in [0.2, 0.25) is 0 Å². The van der Waals surface area contributed by atoms with Crippen molar-refractivity contribution in [2.75, 3.05) is 38.1 Å². The lowest BCUT2D eigenvalue weighted by Crippen LogP contribution is -2.42. The smallest absolute Gasteiger partial charge is 0.161 e. The Balaban J connectivity index is 0.00000139. The van der Waals surface area contributed by atoms with Crippen molar-refractivity contribution in [3.63, 3.8) is 0 Å². The highest BCUT2D eigenvalue weighted by atomic mass is 16.1. The number of nitrogens with two attached hydrogens (primary N) is 1. The van der Waals surface area contributed by atoms with Gasteiger partial charge in [0, 0.05) is 26.2 Å². The van der Waals surface area contributed by atoms with E-state index in [1.165, 1.54) is 11.8 Å². The molecule has 1 saturated heterocycles. The standard InChI is InChI=1S/C17H26N4O.C2H6/c1-14-3-4-16(19-7-12-22)17(13-14)20(2)10-11-21-8-5-15(18)6-9-21;1-2/h3-4,7,12-13,15H,5-6,8-11,18H2,1-2H3;1-2H3. The minimum Gasteiger partial charge on any atom is -0.372 e. The number of piperidine rings is 1. The molecule has 1 heterocycles. The molecule has 0 bridgehead atoms. The van der Waals surface area contributed by atoms with Crippen LogP contribution in [0.1, 0.15) is 32.3 Å². The number of aldehydes is 1. The molecule has 24 heavy (non-hydrogen) atoms. The number of carbonyl (C=O) groups is 1. The average Bonchev–Trinajstić information content (AvgIpc) is 2.61. The van der Waals surface area contributed by atoms with E-state index in [9.17, 15) is 4.79 Å². The molecule has 5 heteroatoms. The molecule has 0 aliphatic carbocycles. The van der Waals surface area contributed by atoms with Gasteiger partial charge in [0.15, 0.2) is 6.29 Å². The molecule has 0 atom stereocenters. The van der Waals surface area contributed by atoms with Crippen LogP contribution >= 0.6 is 0 Å². The summed E-state index contributed by atoms with van der Waals surface area (Å²) >= 11 is 0. The molecule has 2 rings (SSSR count). The third-order valence-corrected chi connectivity index (χ3v) is 4.20. The first kappa shape index (κ1) is 20.3. The van der Waals surface area contributed by atoms with Crippen molar-refractivity contribution >= 4 is 23.9 Å². The van der Waals surface area contributed by atoms with Gasteiger partial charge in [-0.1, -0.05) is 19.9 Å². The Bertz CT molecular complexity index is 522. The average molecular weight is 332 g/mol. The largest absolute Gasteiger partial charge is 0.372 e. The lowest BCUT2D eigenvalue weighted by atomic mass is 10.1. The summed E-state index contributed by atoms with van der Waals surface area (Å²) in [6.07, 6.45) is 4.18. The van der Waals surface area contributed by atoms with E-state index in [1.54, 1.807) is 0 Å². The summed E-state index contributed by atoms with van der Waals surface area (Å²) < 4.78 is 0. The van der Waals surface area contributed by atoms with Crippen LogP contribution in [0.15, 0.2) is 23.2 Å². The summed E-state index contributed by atoms with van der Waals surface area (Å²) in [5.41, 5.74) is 9.03. The second-order valence-electron chi connectivity index (χ2n) is 6.01. The third kappa shape index (κ3) is 6.42. The topological polar surface area (TPSA) is 61.9 Å². The molecule has 0 radical (unpaired) electrons. The van der Waals surface area contributed by atoms with Crippen molar-refractivity contribution in [1.29, 1.82) is 0 Å². The Morgan fingerprint density at radius 2 is 2.00 bits per heavy atom. The first-order valence-corrected chi connectivity index (χ1v) is 8.87. The third-order valence-electron chi connectivity index (χ3n) is 4.20. The minimum absolute atomic E-state index is 0.370. The maximum atomic E-state index is 10.5. The van der Waals surface area contributed by atoms with Crippen LogP contribution in [-0.2, 0) is 4.79 Å². The van der Waals surface area contributed by atoms with Crippen LogP contribution in [0.3, 0.4) is 0 Å². The van der Waals surface area contributed by atoms with Gasteiger partial charge in [-0.2, -0.15) is 0 Å². The summed E-state index contributed by atoms with van der Waals surface area (Å²) in [4.78, 5) is 19.4. The number of carbonyl (C=O) groups excluding carboxylic acids is 1. The van der Waals surface area contributed by atoms with E-state index in [1.807, 2.05) is 26.0 Å². The van der Waals surface area contributed by atoms with Crippen LogP contribution in [0, 0.1) is 6.92 Å². The number of hydrogen-bond acceptors (Lipinski definition) is 5. The Morgan fingerprint density at radius 1 is 1.33 bits per heavy atom. The Labute approximate surface area is 146 Å². The first-order valence-electron chi connectivity index (χ1n) is 8.87. The number of anilines is 1. The summed E-state index contributed by atoms with van der Waals surface area (Å²) in [6, 6.07) is 6.46. The molecule has 2 N–H and O–H groups in total. The number of aliphatic imine (C=N–C) groups is 1. The number of benzene rings is 1. The zero-order valence-electron chi connectivity index (χ0n) is 15.5. The van der Waals surface area contributed by atoms with E-state index in [0.717, 1.165) is 50.4 Å². The van der Waals surface area contributed by atoms with Gasteiger partial charge in [-0.15, -0.1) is 0 Å². The second kappa shape index (κ2) is 10.9. The fourth-order valence-electron chi connectivity index (χ4n) is 2.75. The Kier molecular flexibility index (Phi) is 9.27. The molecule has 0 amide bonds. The van der Waals surface area contributed by atoms with Gasteiger partial charge in [-0.3, -0.25) is 9.79 Å². The second-order valence-corrected chi connectivity index (χ2v) is 6.01. The number of likely N-dealkylation sites (N-methyl/N-ethyl adjacent to an activating group) is 1. The monoisotopic (exact) mass is 332 g/mol. The molecular weight excluding hydrogens is 300 g/mol. The number of hydrogen-bond donors (Lipinski definition) is 1. The Hall–Kier alpha value is -1.72. The fraction of sp³-hybridized carbons (Fsp3) is 0.579. The van der Waals surface area contributed by atoms with Crippen molar-refractivity contribution in [3.05, 3.63) is 23.8 Å². The van der Waals surface area contributed by atoms with E-state index in [0.29, 0.717) is 12.3 Å². The first-order chi connectivity index (χ1) is 11.6. The molecule has 5 nitrogen and oxygen atoms in total. The lowest BCUT2D eigenvalue weighted by molar-refractivity contribution is -0.102.